The first-order valence-electron chi connectivity index (χ1n) is 19.4. The Kier molecular flexibility index (Phi) is 7.99. The molecule has 0 saturated carbocycles. The molecule has 2 aliphatic rings. The van der Waals surface area contributed by atoms with Crippen molar-refractivity contribution >= 4 is 0 Å². The summed E-state index contributed by atoms with van der Waals surface area (Å²) in [6.07, 6.45) is 1.90. The third-order valence-electron chi connectivity index (χ3n) is 12.3. The van der Waals surface area contributed by atoms with E-state index in [0.717, 1.165) is 12.8 Å². The van der Waals surface area contributed by atoms with Crippen LogP contribution in [0.5, 0.6) is 0 Å². The molecular formula is C54H42. The van der Waals surface area contributed by atoms with Crippen molar-refractivity contribution in [2.75, 3.05) is 0 Å². The summed E-state index contributed by atoms with van der Waals surface area (Å²) in [6.45, 7) is 5.03. The fraction of sp³-hybridized carbons (Fsp3) is 0.111. The first-order valence-corrected chi connectivity index (χ1v) is 19.4. The van der Waals surface area contributed by atoms with Crippen LogP contribution < -0.4 is 0 Å². The largest absolute Gasteiger partial charge is 0.0622 e. The molecule has 0 heterocycles. The van der Waals surface area contributed by atoms with Crippen LogP contribution in [0.3, 0.4) is 0 Å². The van der Waals surface area contributed by atoms with Gasteiger partial charge in [0.2, 0.25) is 0 Å². The zero-order chi connectivity index (χ0) is 36.2. The lowest BCUT2D eigenvalue weighted by Crippen LogP contribution is -2.14. The minimum Gasteiger partial charge on any atom is -0.0622 e. The lowest BCUT2D eigenvalue weighted by atomic mass is 9.71. The number of benzene rings is 8. The minimum atomic E-state index is 0.202. The van der Waals surface area contributed by atoms with Crippen molar-refractivity contribution in [3.8, 4) is 66.8 Å². The van der Waals surface area contributed by atoms with Crippen molar-refractivity contribution in [3.05, 3.63) is 215 Å². The molecule has 0 N–H and O–H groups in total. The second-order valence-electron chi connectivity index (χ2n) is 15.2. The van der Waals surface area contributed by atoms with Crippen LogP contribution in [0.15, 0.2) is 182 Å². The summed E-state index contributed by atoms with van der Waals surface area (Å²) in [6, 6.07) is 67.6. The van der Waals surface area contributed by atoms with E-state index in [1.54, 1.807) is 0 Å². The Balaban J connectivity index is 1.28. The highest BCUT2D eigenvalue weighted by Crippen LogP contribution is 2.55. The fourth-order valence-electron chi connectivity index (χ4n) is 9.63. The molecule has 0 saturated heterocycles. The molecule has 0 amide bonds. The zero-order valence-electron chi connectivity index (χ0n) is 30.9. The van der Waals surface area contributed by atoms with E-state index >= 15 is 0 Å². The van der Waals surface area contributed by atoms with E-state index in [2.05, 4.69) is 196 Å². The van der Waals surface area contributed by atoms with Crippen LogP contribution in [-0.4, -0.2) is 0 Å². The summed E-state index contributed by atoms with van der Waals surface area (Å²) in [5.41, 5.74) is 24.7. The van der Waals surface area contributed by atoms with Crippen LogP contribution in [0.1, 0.15) is 59.1 Å². The molecule has 8 aromatic rings. The third kappa shape index (κ3) is 5.28. The molecule has 0 aromatic heterocycles. The molecule has 2 aliphatic carbocycles. The number of hydrogen-bond donors (Lipinski definition) is 0. The number of fused-ring (bicyclic) bond motifs is 6. The SMILES string of the molecule is CC(c1c2c(cc(-c3ccccc3)c1-c1ccccc1)-c1ccccc1C2)C(C)c1c2c(cc(-c3ccccc3)c1-c1ccccc1)-c1ccccc1C2. The second-order valence-corrected chi connectivity index (χ2v) is 15.2. The van der Waals surface area contributed by atoms with Gasteiger partial charge in [-0.05, 0) is 137 Å². The van der Waals surface area contributed by atoms with Gasteiger partial charge in [0.15, 0.2) is 0 Å². The standard InChI is InChI=1S/C54H42/c1-35(51-49-31-41-27-15-17-29-43(41)47(49)33-45(37-19-7-3-8-20-37)53(51)39-23-11-5-12-24-39)36(2)52-50-32-42-28-16-18-30-44(42)48(50)34-46(38-21-9-4-10-22-38)54(52)40-25-13-6-14-26-40/h3-30,33-36H,31-32H2,1-2H3. The normalized spacial score (nSPS) is 13.4. The molecule has 8 aromatic carbocycles. The fourth-order valence-corrected chi connectivity index (χ4v) is 9.63. The third-order valence-corrected chi connectivity index (χ3v) is 12.3. The van der Waals surface area contributed by atoms with Crippen LogP contribution in [0.25, 0.3) is 66.8 Å². The monoisotopic (exact) mass is 690 g/mol. The average molecular weight is 691 g/mol. The maximum atomic E-state index is 2.52. The van der Waals surface area contributed by atoms with Crippen molar-refractivity contribution < 1.29 is 0 Å². The van der Waals surface area contributed by atoms with Crippen molar-refractivity contribution in [1.29, 1.82) is 0 Å². The first-order chi connectivity index (χ1) is 26.7. The Morgan fingerprint density at radius 2 is 0.630 bits per heavy atom. The summed E-state index contributed by atoms with van der Waals surface area (Å²) in [5, 5.41) is 0. The smallest absolute Gasteiger partial charge is 0.00104 e. The van der Waals surface area contributed by atoms with E-state index in [9.17, 15) is 0 Å². The summed E-state index contributed by atoms with van der Waals surface area (Å²) in [4.78, 5) is 0. The molecule has 0 bridgehead atoms. The summed E-state index contributed by atoms with van der Waals surface area (Å²) in [7, 11) is 0. The minimum absolute atomic E-state index is 0.202. The molecule has 0 nitrogen and oxygen atoms in total. The molecule has 2 atom stereocenters. The Labute approximate surface area is 319 Å². The number of rotatable bonds is 7. The predicted molar refractivity (Wildman–Crippen MR) is 228 cm³/mol. The molecule has 0 aliphatic heterocycles. The molecule has 10 rings (SSSR count). The van der Waals surface area contributed by atoms with Gasteiger partial charge in [-0.1, -0.05) is 184 Å². The zero-order valence-corrected chi connectivity index (χ0v) is 30.9. The van der Waals surface area contributed by atoms with Crippen molar-refractivity contribution in [2.45, 2.75) is 38.5 Å². The highest BCUT2D eigenvalue weighted by Gasteiger charge is 2.35. The second kappa shape index (κ2) is 13.3. The lowest BCUT2D eigenvalue weighted by molar-refractivity contribution is 0.619. The highest BCUT2D eigenvalue weighted by molar-refractivity contribution is 5.96. The quantitative estimate of drug-likeness (QED) is 0.156. The molecule has 2 unspecified atom stereocenters. The van der Waals surface area contributed by atoms with Gasteiger partial charge in [0, 0.05) is 0 Å². The van der Waals surface area contributed by atoms with Gasteiger partial charge in [-0.2, -0.15) is 0 Å². The molecular weight excluding hydrogens is 649 g/mol. The van der Waals surface area contributed by atoms with Crippen LogP contribution in [0.2, 0.25) is 0 Å². The molecule has 0 spiro atoms. The van der Waals surface area contributed by atoms with Crippen molar-refractivity contribution in [1.82, 2.24) is 0 Å². The van der Waals surface area contributed by atoms with Gasteiger partial charge < -0.3 is 0 Å². The van der Waals surface area contributed by atoms with E-state index in [1.807, 2.05) is 0 Å². The van der Waals surface area contributed by atoms with E-state index in [1.165, 1.54) is 100 Å². The highest BCUT2D eigenvalue weighted by atomic mass is 14.4. The number of hydrogen-bond acceptors (Lipinski definition) is 0. The molecule has 0 heteroatoms. The maximum Gasteiger partial charge on any atom is -0.00104 e. The van der Waals surface area contributed by atoms with E-state index < -0.39 is 0 Å². The van der Waals surface area contributed by atoms with E-state index in [4.69, 9.17) is 0 Å². The lowest BCUT2D eigenvalue weighted by Gasteiger charge is -2.32. The van der Waals surface area contributed by atoms with Gasteiger partial charge in [0.05, 0.1) is 0 Å². The van der Waals surface area contributed by atoms with Crippen molar-refractivity contribution in [3.63, 3.8) is 0 Å². The summed E-state index contributed by atoms with van der Waals surface area (Å²) in [5.74, 6) is 0.404. The van der Waals surface area contributed by atoms with Crippen LogP contribution in [0.4, 0.5) is 0 Å². The van der Waals surface area contributed by atoms with E-state index in [0.29, 0.717) is 0 Å². The first kappa shape index (κ1) is 32.4. The summed E-state index contributed by atoms with van der Waals surface area (Å²) < 4.78 is 0. The van der Waals surface area contributed by atoms with Crippen molar-refractivity contribution in [2.24, 2.45) is 0 Å². The summed E-state index contributed by atoms with van der Waals surface area (Å²) >= 11 is 0. The van der Waals surface area contributed by atoms with Gasteiger partial charge >= 0.3 is 0 Å². The molecule has 0 radical (unpaired) electrons. The Morgan fingerprint density at radius 1 is 0.315 bits per heavy atom. The average Bonchev–Trinajstić information content (AvgIpc) is 3.81. The van der Waals surface area contributed by atoms with Gasteiger partial charge in [0.25, 0.3) is 0 Å². The topological polar surface area (TPSA) is 0 Å². The Hall–Kier alpha value is -6.24. The van der Waals surface area contributed by atoms with Crippen LogP contribution in [-0.2, 0) is 12.8 Å². The Bertz CT molecular complexity index is 2460. The van der Waals surface area contributed by atoms with Gasteiger partial charge in [-0.15, -0.1) is 0 Å². The molecule has 258 valence electrons. The Morgan fingerprint density at radius 3 is 1.00 bits per heavy atom. The van der Waals surface area contributed by atoms with Crippen LogP contribution >= 0.6 is 0 Å². The van der Waals surface area contributed by atoms with E-state index in [-0.39, 0.29) is 11.8 Å². The van der Waals surface area contributed by atoms with Crippen LogP contribution in [0, 0.1) is 0 Å². The molecule has 54 heavy (non-hydrogen) atoms. The van der Waals surface area contributed by atoms with Gasteiger partial charge in [0.1, 0.15) is 0 Å². The van der Waals surface area contributed by atoms with Gasteiger partial charge in [-0.3, -0.25) is 0 Å². The molecule has 0 fully saturated rings. The predicted octanol–water partition coefficient (Wildman–Crippen LogP) is 14.4. The maximum absolute atomic E-state index is 2.52. The van der Waals surface area contributed by atoms with Gasteiger partial charge in [-0.25, -0.2) is 0 Å².